The van der Waals surface area contributed by atoms with Gasteiger partial charge in [0, 0.05) is 18.0 Å². The molecule has 0 saturated heterocycles. The van der Waals surface area contributed by atoms with Crippen molar-refractivity contribution in [1.29, 1.82) is 0 Å². The van der Waals surface area contributed by atoms with Gasteiger partial charge in [0.05, 0.1) is 12.3 Å². The monoisotopic (exact) mass is 368 g/mol. The van der Waals surface area contributed by atoms with Gasteiger partial charge in [-0.25, -0.2) is 0 Å². The number of nitrogens with zero attached hydrogens (tertiary/aromatic N) is 1. The molecule has 2 heterocycles. The number of nitrogens with one attached hydrogen (secondary N) is 1. The zero-order valence-electron chi connectivity index (χ0n) is 14.8. The summed E-state index contributed by atoms with van der Waals surface area (Å²) in [6.45, 7) is 2.01. The Hall–Kier alpha value is -3.32. The second-order valence-electron chi connectivity index (χ2n) is 5.74. The predicted molar refractivity (Wildman–Crippen MR) is 99.9 cm³/mol. The van der Waals surface area contributed by atoms with Crippen molar-refractivity contribution < 1.29 is 19.4 Å². The normalized spacial score (nSPS) is 11.8. The third kappa shape index (κ3) is 4.27. The van der Waals surface area contributed by atoms with Crippen LogP contribution in [0.2, 0.25) is 0 Å². The Labute approximate surface area is 155 Å². The summed E-state index contributed by atoms with van der Waals surface area (Å²) >= 11 is 0. The number of ether oxygens (including phenoxy) is 1. The van der Waals surface area contributed by atoms with Crippen molar-refractivity contribution in [3.05, 3.63) is 82.2 Å². The Kier molecular flexibility index (Phi) is 5.73. The molecular weight excluding hydrogens is 348 g/mol. The first-order valence-electron chi connectivity index (χ1n) is 8.49. The molecule has 0 fully saturated rings. The summed E-state index contributed by atoms with van der Waals surface area (Å²) < 4.78 is 11.0. The molecule has 0 aliphatic rings. The number of aromatic hydroxyl groups is 1. The van der Waals surface area contributed by atoms with Gasteiger partial charge in [-0.2, -0.15) is 0 Å². The van der Waals surface area contributed by atoms with Crippen LogP contribution >= 0.6 is 0 Å². The zero-order chi connectivity index (χ0) is 19.2. The van der Waals surface area contributed by atoms with Gasteiger partial charge in [0.15, 0.2) is 5.76 Å². The fraction of sp³-hybridized carbons (Fsp3) is 0.200. The summed E-state index contributed by atoms with van der Waals surface area (Å²) in [6, 6.07) is 12.9. The molecule has 0 aliphatic carbocycles. The topological polar surface area (TPSA) is 105 Å². The van der Waals surface area contributed by atoms with Crippen LogP contribution in [0.5, 0.6) is 11.5 Å². The Morgan fingerprint density at radius 3 is 2.63 bits per heavy atom. The molecule has 1 aromatic carbocycles. The molecule has 0 bridgehead atoms. The number of hydrogen-bond acceptors (Lipinski definition) is 7. The van der Waals surface area contributed by atoms with Crippen molar-refractivity contribution in [2.24, 2.45) is 0 Å². The van der Waals surface area contributed by atoms with Crippen LogP contribution < -0.4 is 15.5 Å². The van der Waals surface area contributed by atoms with Gasteiger partial charge >= 0.3 is 0 Å². The standard InChI is InChI=1S/C20H20N2O5/c1-2-26-14-8-6-13(7-9-14)22-18(16-5-3-4-10-21-16)20-19(25)17(24)11-15(12-23)27-20/h3-11,18,22-23,25H,2,12H2,1H3/t18-/m1/s1. The number of aliphatic hydroxyl groups excluding tert-OH is 1. The molecule has 0 saturated carbocycles. The molecule has 0 radical (unpaired) electrons. The Balaban J connectivity index is 2.03. The van der Waals surface area contributed by atoms with E-state index in [1.54, 1.807) is 24.4 Å². The summed E-state index contributed by atoms with van der Waals surface area (Å²) in [5.41, 5.74) is 0.625. The quantitative estimate of drug-likeness (QED) is 0.589. The first-order chi connectivity index (χ1) is 13.1. The molecule has 3 N–H and O–H groups in total. The maximum atomic E-state index is 12.0. The molecule has 2 aromatic heterocycles. The number of aliphatic hydroxyl groups is 1. The van der Waals surface area contributed by atoms with E-state index < -0.39 is 23.8 Å². The molecule has 27 heavy (non-hydrogen) atoms. The van der Waals surface area contributed by atoms with Crippen LogP contribution in [0.25, 0.3) is 0 Å². The van der Waals surface area contributed by atoms with Crippen molar-refractivity contribution in [3.63, 3.8) is 0 Å². The van der Waals surface area contributed by atoms with Gasteiger partial charge in [0.25, 0.3) is 0 Å². The van der Waals surface area contributed by atoms with Crippen molar-refractivity contribution >= 4 is 5.69 Å². The first-order valence-corrected chi connectivity index (χ1v) is 8.49. The van der Waals surface area contributed by atoms with E-state index in [0.29, 0.717) is 18.0 Å². The summed E-state index contributed by atoms with van der Waals surface area (Å²) in [7, 11) is 0. The maximum Gasteiger partial charge on any atom is 0.227 e. The molecule has 0 aliphatic heterocycles. The van der Waals surface area contributed by atoms with Gasteiger partial charge in [-0.15, -0.1) is 0 Å². The van der Waals surface area contributed by atoms with Crippen molar-refractivity contribution in [2.45, 2.75) is 19.6 Å². The molecule has 0 unspecified atom stereocenters. The fourth-order valence-corrected chi connectivity index (χ4v) is 2.63. The molecule has 3 rings (SSSR count). The molecule has 7 nitrogen and oxygen atoms in total. The van der Waals surface area contributed by atoms with Crippen LogP contribution in [0, 0.1) is 0 Å². The summed E-state index contributed by atoms with van der Waals surface area (Å²) in [6.07, 6.45) is 1.60. The lowest BCUT2D eigenvalue weighted by atomic mass is 10.1. The van der Waals surface area contributed by atoms with Crippen LogP contribution in [0.3, 0.4) is 0 Å². The predicted octanol–water partition coefficient (Wildman–Crippen LogP) is 2.83. The SMILES string of the molecule is CCOc1ccc(N[C@H](c2ccccn2)c2oc(CO)cc(=O)c2O)cc1. The van der Waals surface area contributed by atoms with Crippen LogP contribution in [-0.2, 0) is 6.61 Å². The average molecular weight is 368 g/mol. The number of hydrogen-bond donors (Lipinski definition) is 3. The van der Waals surface area contributed by atoms with E-state index >= 15 is 0 Å². The largest absolute Gasteiger partial charge is 0.502 e. The highest BCUT2D eigenvalue weighted by Crippen LogP contribution is 2.31. The van der Waals surface area contributed by atoms with E-state index in [-0.39, 0.29) is 11.5 Å². The van der Waals surface area contributed by atoms with E-state index in [1.807, 2.05) is 31.2 Å². The van der Waals surface area contributed by atoms with Gasteiger partial charge in [-0.1, -0.05) is 6.07 Å². The number of pyridine rings is 1. The van der Waals surface area contributed by atoms with E-state index in [4.69, 9.17) is 9.15 Å². The number of anilines is 1. The minimum absolute atomic E-state index is 0.0147. The average Bonchev–Trinajstić information content (AvgIpc) is 2.70. The number of benzene rings is 1. The van der Waals surface area contributed by atoms with Crippen molar-refractivity contribution in [3.8, 4) is 11.5 Å². The van der Waals surface area contributed by atoms with E-state index in [2.05, 4.69) is 10.3 Å². The van der Waals surface area contributed by atoms with Crippen LogP contribution in [-0.4, -0.2) is 21.8 Å². The molecule has 3 aromatic rings. The maximum absolute atomic E-state index is 12.0. The van der Waals surface area contributed by atoms with Crippen LogP contribution in [0.15, 0.2) is 63.9 Å². The third-order valence-electron chi connectivity index (χ3n) is 3.88. The Bertz CT molecular complexity index is 939. The van der Waals surface area contributed by atoms with Crippen molar-refractivity contribution in [2.75, 3.05) is 11.9 Å². The Morgan fingerprint density at radius 1 is 1.22 bits per heavy atom. The van der Waals surface area contributed by atoms with Gasteiger partial charge < -0.3 is 24.7 Å². The molecule has 140 valence electrons. The molecule has 0 spiro atoms. The lowest BCUT2D eigenvalue weighted by molar-refractivity contribution is 0.234. The second kappa shape index (κ2) is 8.37. The molecule has 1 atom stereocenters. The summed E-state index contributed by atoms with van der Waals surface area (Å²) in [5, 5.41) is 22.8. The third-order valence-corrected chi connectivity index (χ3v) is 3.88. The van der Waals surface area contributed by atoms with E-state index in [9.17, 15) is 15.0 Å². The highest BCUT2D eigenvalue weighted by molar-refractivity contribution is 5.50. The second-order valence-corrected chi connectivity index (χ2v) is 5.74. The molecule has 7 heteroatoms. The summed E-state index contributed by atoms with van der Waals surface area (Å²) in [4.78, 5) is 16.3. The van der Waals surface area contributed by atoms with Crippen LogP contribution in [0.1, 0.15) is 30.2 Å². The lowest BCUT2D eigenvalue weighted by Crippen LogP contribution is -2.17. The van der Waals surface area contributed by atoms with E-state index in [1.165, 1.54) is 0 Å². The zero-order valence-corrected chi connectivity index (χ0v) is 14.8. The summed E-state index contributed by atoms with van der Waals surface area (Å²) in [5.74, 6) is 0.247. The number of rotatable bonds is 7. The fourth-order valence-electron chi connectivity index (χ4n) is 2.63. The lowest BCUT2D eigenvalue weighted by Gasteiger charge is -2.20. The highest BCUT2D eigenvalue weighted by atomic mass is 16.5. The van der Waals surface area contributed by atoms with Gasteiger partial charge in [-0.05, 0) is 43.3 Å². The van der Waals surface area contributed by atoms with Gasteiger partial charge in [0.1, 0.15) is 24.2 Å². The highest BCUT2D eigenvalue weighted by Gasteiger charge is 2.24. The van der Waals surface area contributed by atoms with Crippen LogP contribution in [0.4, 0.5) is 5.69 Å². The smallest absolute Gasteiger partial charge is 0.227 e. The minimum atomic E-state index is -0.733. The Morgan fingerprint density at radius 2 is 2.00 bits per heavy atom. The minimum Gasteiger partial charge on any atom is -0.502 e. The van der Waals surface area contributed by atoms with Crippen molar-refractivity contribution in [1.82, 2.24) is 4.98 Å². The van der Waals surface area contributed by atoms with Gasteiger partial charge in [-0.3, -0.25) is 9.78 Å². The van der Waals surface area contributed by atoms with E-state index in [0.717, 1.165) is 11.8 Å². The molecular formula is C20H20N2O5. The van der Waals surface area contributed by atoms with Gasteiger partial charge in [0.2, 0.25) is 11.2 Å². The molecule has 0 amide bonds. The first kappa shape index (κ1) is 18.5. The number of aromatic nitrogens is 1.